The molecule has 0 bridgehead atoms. The number of hydrogen-bond donors (Lipinski definition) is 1. The zero-order valence-electron chi connectivity index (χ0n) is 12.3. The molecule has 0 saturated heterocycles. The molecule has 0 fully saturated rings. The number of anilines is 1. The van der Waals surface area contributed by atoms with Gasteiger partial charge in [0.25, 0.3) is 0 Å². The zero-order valence-corrected chi connectivity index (χ0v) is 12.3. The summed E-state index contributed by atoms with van der Waals surface area (Å²) in [7, 11) is 1.76. The summed E-state index contributed by atoms with van der Waals surface area (Å²) >= 11 is 0. The molecule has 0 saturated carbocycles. The van der Waals surface area contributed by atoms with Gasteiger partial charge in [-0.25, -0.2) is 9.37 Å². The molecule has 0 atom stereocenters. The molecule has 2 aromatic rings. The van der Waals surface area contributed by atoms with E-state index in [0.717, 1.165) is 0 Å². The van der Waals surface area contributed by atoms with Crippen LogP contribution >= 0.6 is 0 Å². The van der Waals surface area contributed by atoms with E-state index in [4.69, 9.17) is 9.47 Å². The maximum absolute atomic E-state index is 13.3. The molecule has 0 aliphatic carbocycles. The van der Waals surface area contributed by atoms with E-state index in [-0.39, 0.29) is 5.82 Å². The number of nitrogens with zero attached hydrogens (tertiary/aromatic N) is 2. The largest absolute Gasteiger partial charge is 0.439 e. The summed E-state index contributed by atoms with van der Waals surface area (Å²) in [5.41, 5.74) is 0.518. The zero-order chi connectivity index (χ0) is 15.2. The van der Waals surface area contributed by atoms with Gasteiger partial charge in [-0.1, -0.05) is 0 Å². The van der Waals surface area contributed by atoms with E-state index in [9.17, 15) is 4.39 Å². The molecule has 5 nitrogen and oxygen atoms in total. The molecular formula is C15H18FN3O2. The van der Waals surface area contributed by atoms with Gasteiger partial charge in [-0.3, -0.25) is 0 Å². The summed E-state index contributed by atoms with van der Waals surface area (Å²) in [5, 5.41) is 2.94. The summed E-state index contributed by atoms with van der Waals surface area (Å²) in [6, 6.07) is 6.23. The van der Waals surface area contributed by atoms with Crippen LogP contribution in [0.15, 0.2) is 24.3 Å². The Morgan fingerprint density at radius 1 is 1.24 bits per heavy atom. The quantitative estimate of drug-likeness (QED) is 0.885. The number of rotatable bonds is 6. The summed E-state index contributed by atoms with van der Waals surface area (Å²) in [5.74, 6) is 1.80. The van der Waals surface area contributed by atoms with Crippen molar-refractivity contribution in [2.45, 2.75) is 20.5 Å². The number of aromatic nitrogens is 2. The molecule has 1 heterocycles. The Morgan fingerprint density at radius 2 is 2.05 bits per heavy atom. The number of aryl methyl sites for hydroxylation is 1. The number of hydrogen-bond acceptors (Lipinski definition) is 5. The van der Waals surface area contributed by atoms with Gasteiger partial charge in [-0.15, -0.1) is 0 Å². The van der Waals surface area contributed by atoms with Crippen molar-refractivity contribution in [1.29, 1.82) is 0 Å². The maximum Gasteiger partial charge on any atom is 0.224 e. The van der Waals surface area contributed by atoms with Gasteiger partial charge in [0.2, 0.25) is 5.88 Å². The monoisotopic (exact) mass is 291 g/mol. The van der Waals surface area contributed by atoms with E-state index in [1.165, 1.54) is 6.07 Å². The Kier molecular flexibility index (Phi) is 5.05. The first-order valence-electron chi connectivity index (χ1n) is 6.70. The number of benzene rings is 1. The third-order valence-electron chi connectivity index (χ3n) is 2.79. The Hall–Kier alpha value is -2.21. The van der Waals surface area contributed by atoms with E-state index in [1.54, 1.807) is 32.2 Å². The van der Waals surface area contributed by atoms with Gasteiger partial charge in [0.05, 0.1) is 0 Å². The fourth-order valence-corrected chi connectivity index (χ4v) is 1.71. The molecule has 6 heteroatoms. The lowest BCUT2D eigenvalue weighted by Crippen LogP contribution is -2.04. The Morgan fingerprint density at radius 3 is 2.71 bits per heavy atom. The maximum atomic E-state index is 13.3. The van der Waals surface area contributed by atoms with E-state index < -0.39 is 0 Å². The second-order valence-corrected chi connectivity index (χ2v) is 4.41. The molecule has 0 radical (unpaired) electrons. The average Bonchev–Trinajstić information content (AvgIpc) is 2.48. The molecule has 0 unspecified atom stereocenters. The lowest BCUT2D eigenvalue weighted by Gasteiger charge is -2.09. The minimum Gasteiger partial charge on any atom is -0.439 e. The molecule has 2 rings (SSSR count). The molecule has 0 aliphatic rings. The van der Waals surface area contributed by atoms with Crippen LogP contribution in [0.2, 0.25) is 0 Å². The van der Waals surface area contributed by atoms with Crippen molar-refractivity contribution >= 4 is 5.82 Å². The number of nitrogens with one attached hydrogen (secondary N) is 1. The van der Waals surface area contributed by atoms with Crippen molar-refractivity contribution in [3.05, 3.63) is 41.5 Å². The van der Waals surface area contributed by atoms with Gasteiger partial charge < -0.3 is 14.8 Å². The summed E-state index contributed by atoms with van der Waals surface area (Å²) in [6.07, 6.45) is 0. The fraction of sp³-hybridized carbons (Fsp3) is 0.333. The smallest absolute Gasteiger partial charge is 0.224 e. The van der Waals surface area contributed by atoms with Crippen LogP contribution in [0.1, 0.15) is 18.3 Å². The molecule has 21 heavy (non-hydrogen) atoms. The predicted molar refractivity (Wildman–Crippen MR) is 78.1 cm³/mol. The molecule has 1 N–H and O–H groups in total. The van der Waals surface area contributed by atoms with Gasteiger partial charge in [0, 0.05) is 19.7 Å². The summed E-state index contributed by atoms with van der Waals surface area (Å²) in [4.78, 5) is 8.55. The first-order chi connectivity index (χ1) is 10.1. The minimum atomic E-state index is -0.266. The van der Waals surface area contributed by atoms with Crippen molar-refractivity contribution < 1.29 is 13.9 Å². The van der Waals surface area contributed by atoms with Crippen LogP contribution < -0.4 is 10.1 Å². The van der Waals surface area contributed by atoms with Crippen molar-refractivity contribution in [2.24, 2.45) is 0 Å². The molecule has 1 aromatic carbocycles. The highest BCUT2D eigenvalue weighted by atomic mass is 19.1. The number of ether oxygens (including phenoxy) is 2. The van der Waals surface area contributed by atoms with Crippen molar-refractivity contribution in [3.8, 4) is 11.6 Å². The third kappa shape index (κ3) is 4.13. The van der Waals surface area contributed by atoms with Gasteiger partial charge in [0.1, 0.15) is 24.0 Å². The Bertz CT molecular complexity index is 620. The van der Waals surface area contributed by atoms with Crippen LogP contribution in [0.4, 0.5) is 10.2 Å². The second kappa shape index (κ2) is 6.99. The van der Waals surface area contributed by atoms with Crippen LogP contribution in [0, 0.1) is 12.7 Å². The lowest BCUT2D eigenvalue weighted by atomic mass is 10.2. The van der Waals surface area contributed by atoms with E-state index in [1.807, 2.05) is 6.92 Å². The van der Waals surface area contributed by atoms with E-state index in [0.29, 0.717) is 42.0 Å². The summed E-state index contributed by atoms with van der Waals surface area (Å²) in [6.45, 7) is 4.48. The molecule has 0 amide bonds. The van der Waals surface area contributed by atoms with Crippen LogP contribution in [-0.4, -0.2) is 23.6 Å². The van der Waals surface area contributed by atoms with Gasteiger partial charge in [-0.05, 0) is 37.6 Å². The Balaban J connectivity index is 2.23. The molecule has 0 spiro atoms. The van der Waals surface area contributed by atoms with Crippen molar-refractivity contribution in [1.82, 2.24) is 9.97 Å². The molecule has 0 aliphatic heterocycles. The summed E-state index contributed by atoms with van der Waals surface area (Å²) < 4.78 is 24.2. The highest BCUT2D eigenvalue weighted by Crippen LogP contribution is 2.23. The van der Waals surface area contributed by atoms with Gasteiger partial charge >= 0.3 is 0 Å². The average molecular weight is 291 g/mol. The van der Waals surface area contributed by atoms with Gasteiger partial charge in [0.15, 0.2) is 5.82 Å². The van der Waals surface area contributed by atoms with Gasteiger partial charge in [-0.2, -0.15) is 4.98 Å². The van der Waals surface area contributed by atoms with Crippen LogP contribution in [0.3, 0.4) is 0 Å². The SMILES string of the molecule is CCOCc1nc(NC)cc(Oc2ccc(F)c(C)c2)n1. The molecule has 1 aromatic heterocycles. The highest BCUT2D eigenvalue weighted by molar-refractivity contribution is 5.40. The molecular weight excluding hydrogens is 273 g/mol. The third-order valence-corrected chi connectivity index (χ3v) is 2.79. The van der Waals surface area contributed by atoms with Crippen molar-refractivity contribution in [3.63, 3.8) is 0 Å². The lowest BCUT2D eigenvalue weighted by molar-refractivity contribution is 0.128. The van der Waals surface area contributed by atoms with E-state index in [2.05, 4.69) is 15.3 Å². The van der Waals surface area contributed by atoms with Crippen LogP contribution in [0.5, 0.6) is 11.6 Å². The Labute approximate surface area is 123 Å². The van der Waals surface area contributed by atoms with E-state index >= 15 is 0 Å². The first kappa shape index (κ1) is 15.2. The highest BCUT2D eigenvalue weighted by Gasteiger charge is 2.07. The van der Waals surface area contributed by atoms with Crippen molar-refractivity contribution in [2.75, 3.05) is 19.0 Å². The fourth-order valence-electron chi connectivity index (χ4n) is 1.71. The molecule has 112 valence electrons. The topological polar surface area (TPSA) is 56.3 Å². The van der Waals surface area contributed by atoms with Crippen LogP contribution in [0.25, 0.3) is 0 Å². The minimum absolute atomic E-state index is 0.266. The standard InChI is InChI=1S/C15H18FN3O2/c1-4-20-9-14-18-13(17-3)8-15(19-14)21-11-5-6-12(16)10(2)7-11/h5-8H,4,9H2,1-3H3,(H,17,18,19). The second-order valence-electron chi connectivity index (χ2n) is 4.41. The number of halogens is 1. The first-order valence-corrected chi connectivity index (χ1v) is 6.70. The normalized spacial score (nSPS) is 10.5. The predicted octanol–water partition coefficient (Wildman–Crippen LogP) is 3.29. The van der Waals surface area contributed by atoms with Crippen LogP contribution in [-0.2, 0) is 11.3 Å².